The standard InChI is InChI=1S/C25H19Cl2N5O3/c26-16-8-9-17(19(27)14-16)20-10-12-32(31-20)24-18(7-4-11-29-24)25(35)30-21(22(33)23(28)34)13-15-5-2-1-3-6-15/h1-12,14,21H,13H2,(H2,28,34)(H,30,35). The van der Waals surface area contributed by atoms with Crippen LogP contribution in [-0.2, 0) is 16.0 Å². The lowest BCUT2D eigenvalue weighted by atomic mass is 10.0. The minimum Gasteiger partial charge on any atom is -0.363 e. The molecule has 176 valence electrons. The van der Waals surface area contributed by atoms with E-state index in [1.54, 1.807) is 66.9 Å². The Morgan fingerprint density at radius 1 is 1.00 bits per heavy atom. The molecular formula is C25H19Cl2N5O3. The molecule has 35 heavy (non-hydrogen) atoms. The number of nitrogens with two attached hydrogens (primary N) is 1. The summed E-state index contributed by atoms with van der Waals surface area (Å²) in [6, 6.07) is 17.8. The number of benzene rings is 2. The van der Waals surface area contributed by atoms with E-state index in [2.05, 4.69) is 15.4 Å². The number of ketones is 1. The Labute approximate surface area is 210 Å². The summed E-state index contributed by atoms with van der Waals surface area (Å²) in [7, 11) is 0. The average molecular weight is 508 g/mol. The lowest BCUT2D eigenvalue weighted by molar-refractivity contribution is -0.137. The normalized spacial score (nSPS) is 11.6. The molecule has 2 aromatic carbocycles. The van der Waals surface area contributed by atoms with Crippen molar-refractivity contribution in [3.63, 3.8) is 0 Å². The number of hydrogen-bond acceptors (Lipinski definition) is 5. The number of carbonyl (C=O) groups excluding carboxylic acids is 3. The smallest absolute Gasteiger partial charge is 0.287 e. The van der Waals surface area contributed by atoms with Gasteiger partial charge in [0, 0.05) is 29.4 Å². The highest BCUT2D eigenvalue weighted by Crippen LogP contribution is 2.29. The van der Waals surface area contributed by atoms with Gasteiger partial charge in [-0.1, -0.05) is 53.5 Å². The van der Waals surface area contributed by atoms with Crippen LogP contribution in [0, 0.1) is 0 Å². The molecule has 10 heteroatoms. The highest BCUT2D eigenvalue weighted by Gasteiger charge is 2.27. The number of rotatable bonds is 8. The first-order valence-electron chi connectivity index (χ1n) is 10.5. The van der Waals surface area contributed by atoms with E-state index in [4.69, 9.17) is 28.9 Å². The molecule has 3 N–H and O–H groups in total. The van der Waals surface area contributed by atoms with Crippen molar-refractivity contribution >= 4 is 40.8 Å². The molecule has 0 saturated heterocycles. The molecule has 0 fully saturated rings. The number of Topliss-reactive ketones (excluding diaryl/α,β-unsaturated/α-hetero) is 1. The first kappa shape index (κ1) is 24.1. The zero-order valence-corrected chi connectivity index (χ0v) is 19.7. The van der Waals surface area contributed by atoms with Crippen LogP contribution in [0.1, 0.15) is 15.9 Å². The summed E-state index contributed by atoms with van der Waals surface area (Å²) < 4.78 is 1.43. The fraction of sp³-hybridized carbons (Fsp3) is 0.0800. The Hall–Kier alpha value is -4.01. The van der Waals surface area contributed by atoms with Crippen LogP contribution < -0.4 is 11.1 Å². The number of amides is 2. The van der Waals surface area contributed by atoms with Gasteiger partial charge in [0.25, 0.3) is 11.8 Å². The van der Waals surface area contributed by atoms with Crippen LogP contribution in [0.3, 0.4) is 0 Å². The van der Waals surface area contributed by atoms with Crippen molar-refractivity contribution in [3.05, 3.63) is 100 Å². The van der Waals surface area contributed by atoms with Gasteiger partial charge in [0.2, 0.25) is 5.78 Å². The van der Waals surface area contributed by atoms with Crippen LogP contribution in [0.4, 0.5) is 0 Å². The maximum absolute atomic E-state index is 13.2. The number of carbonyl (C=O) groups is 3. The van der Waals surface area contributed by atoms with E-state index in [-0.39, 0.29) is 17.8 Å². The van der Waals surface area contributed by atoms with Crippen LogP contribution in [0.15, 0.2) is 79.1 Å². The van der Waals surface area contributed by atoms with E-state index in [0.29, 0.717) is 21.3 Å². The molecule has 2 aromatic heterocycles. The maximum Gasteiger partial charge on any atom is 0.287 e. The third kappa shape index (κ3) is 5.56. The SMILES string of the molecule is NC(=O)C(=O)C(Cc1ccccc1)NC(=O)c1cccnc1-n1ccc(-c2ccc(Cl)cc2Cl)n1. The number of nitrogens with zero attached hydrogens (tertiary/aromatic N) is 3. The second kappa shape index (κ2) is 10.5. The molecule has 0 aliphatic heterocycles. The van der Waals surface area contributed by atoms with Crippen molar-refractivity contribution in [1.82, 2.24) is 20.1 Å². The van der Waals surface area contributed by atoms with Crippen molar-refractivity contribution in [2.75, 3.05) is 0 Å². The van der Waals surface area contributed by atoms with E-state index < -0.39 is 23.6 Å². The third-order valence-corrected chi connectivity index (χ3v) is 5.74. The van der Waals surface area contributed by atoms with E-state index >= 15 is 0 Å². The van der Waals surface area contributed by atoms with Crippen molar-refractivity contribution in [3.8, 4) is 17.1 Å². The summed E-state index contributed by atoms with van der Waals surface area (Å²) in [4.78, 5) is 41.5. The van der Waals surface area contributed by atoms with Gasteiger partial charge in [-0.15, -0.1) is 0 Å². The van der Waals surface area contributed by atoms with Gasteiger partial charge in [-0.2, -0.15) is 5.10 Å². The summed E-state index contributed by atoms with van der Waals surface area (Å²) in [5, 5.41) is 8.04. The van der Waals surface area contributed by atoms with Crippen LogP contribution in [0.25, 0.3) is 17.1 Å². The Morgan fingerprint density at radius 3 is 2.49 bits per heavy atom. The van der Waals surface area contributed by atoms with Gasteiger partial charge in [-0.3, -0.25) is 14.4 Å². The summed E-state index contributed by atoms with van der Waals surface area (Å²) in [5.74, 6) is -2.41. The summed E-state index contributed by atoms with van der Waals surface area (Å²) >= 11 is 12.3. The molecule has 1 unspecified atom stereocenters. The van der Waals surface area contributed by atoms with Crippen LogP contribution in [0.2, 0.25) is 10.0 Å². The van der Waals surface area contributed by atoms with Crippen LogP contribution in [0.5, 0.6) is 0 Å². The summed E-state index contributed by atoms with van der Waals surface area (Å²) in [6.07, 6.45) is 3.25. The lowest BCUT2D eigenvalue weighted by Gasteiger charge is -2.17. The molecule has 2 amide bonds. The van der Waals surface area contributed by atoms with Gasteiger partial charge in [-0.05, 0) is 42.0 Å². The number of halogens is 2. The largest absolute Gasteiger partial charge is 0.363 e. The fourth-order valence-corrected chi connectivity index (χ4v) is 4.01. The number of primary amides is 1. The van der Waals surface area contributed by atoms with Crippen molar-refractivity contribution < 1.29 is 14.4 Å². The van der Waals surface area contributed by atoms with Crippen LogP contribution >= 0.6 is 23.2 Å². The fourth-order valence-electron chi connectivity index (χ4n) is 3.51. The molecule has 4 aromatic rings. The van der Waals surface area contributed by atoms with Gasteiger partial charge in [0.1, 0.15) is 6.04 Å². The minimum atomic E-state index is -1.14. The minimum absolute atomic E-state index is 0.102. The Bertz CT molecular complexity index is 1410. The second-order valence-electron chi connectivity index (χ2n) is 7.59. The quantitative estimate of drug-likeness (QED) is 0.352. The molecule has 1 atom stereocenters. The Morgan fingerprint density at radius 2 is 1.77 bits per heavy atom. The molecule has 0 aliphatic rings. The highest BCUT2D eigenvalue weighted by atomic mass is 35.5. The van der Waals surface area contributed by atoms with Crippen molar-refractivity contribution in [1.29, 1.82) is 0 Å². The van der Waals surface area contributed by atoms with Gasteiger partial charge in [-0.25, -0.2) is 9.67 Å². The summed E-state index contributed by atoms with van der Waals surface area (Å²) in [6.45, 7) is 0. The molecule has 0 bridgehead atoms. The number of pyridine rings is 1. The zero-order valence-electron chi connectivity index (χ0n) is 18.2. The Balaban J connectivity index is 1.63. The molecule has 0 spiro atoms. The van der Waals surface area contributed by atoms with Gasteiger partial charge >= 0.3 is 0 Å². The maximum atomic E-state index is 13.2. The molecule has 0 radical (unpaired) electrons. The monoisotopic (exact) mass is 507 g/mol. The number of aromatic nitrogens is 3. The first-order chi connectivity index (χ1) is 16.8. The van der Waals surface area contributed by atoms with Crippen LogP contribution in [-0.4, -0.2) is 38.4 Å². The molecule has 8 nitrogen and oxygen atoms in total. The van der Waals surface area contributed by atoms with E-state index in [0.717, 1.165) is 5.56 Å². The van der Waals surface area contributed by atoms with Gasteiger partial charge in [0.15, 0.2) is 5.82 Å². The van der Waals surface area contributed by atoms with Crippen molar-refractivity contribution in [2.45, 2.75) is 12.5 Å². The molecule has 2 heterocycles. The Kier molecular flexibility index (Phi) is 7.24. The van der Waals surface area contributed by atoms with Gasteiger partial charge in [0.05, 0.1) is 16.3 Å². The first-order valence-corrected chi connectivity index (χ1v) is 11.2. The lowest BCUT2D eigenvalue weighted by Crippen LogP contribution is -2.47. The summed E-state index contributed by atoms with van der Waals surface area (Å²) in [5.41, 5.74) is 7.34. The van der Waals surface area contributed by atoms with Crippen molar-refractivity contribution in [2.24, 2.45) is 5.73 Å². The zero-order chi connectivity index (χ0) is 24.9. The topological polar surface area (TPSA) is 120 Å². The molecule has 0 aliphatic carbocycles. The second-order valence-corrected chi connectivity index (χ2v) is 8.43. The predicted octanol–water partition coefficient (Wildman–Crippen LogP) is 3.64. The molecule has 4 rings (SSSR count). The highest BCUT2D eigenvalue weighted by molar-refractivity contribution is 6.38. The average Bonchev–Trinajstić information content (AvgIpc) is 3.33. The van der Waals surface area contributed by atoms with E-state index in [9.17, 15) is 14.4 Å². The van der Waals surface area contributed by atoms with Gasteiger partial charge < -0.3 is 11.1 Å². The molecular weight excluding hydrogens is 489 g/mol. The number of nitrogens with one attached hydrogen (secondary N) is 1. The number of hydrogen-bond donors (Lipinski definition) is 2. The third-order valence-electron chi connectivity index (χ3n) is 5.19. The van der Waals surface area contributed by atoms with E-state index in [1.807, 2.05) is 6.07 Å². The molecule has 0 saturated carbocycles. The predicted molar refractivity (Wildman–Crippen MR) is 132 cm³/mol. The van der Waals surface area contributed by atoms with E-state index in [1.165, 1.54) is 10.9 Å².